The number of benzene rings is 2. The van der Waals surface area contributed by atoms with Crippen LogP contribution >= 0.6 is 0 Å². The van der Waals surface area contributed by atoms with E-state index in [1.807, 2.05) is 12.1 Å². The molecule has 0 radical (unpaired) electrons. The second-order valence-corrected chi connectivity index (χ2v) is 7.75. The Morgan fingerprint density at radius 3 is 2.30 bits per heavy atom. The summed E-state index contributed by atoms with van der Waals surface area (Å²) < 4.78 is 24.9. The Bertz CT molecular complexity index is 897. The molecule has 2 saturated heterocycles. The number of halogens is 1. The predicted octanol–water partition coefficient (Wildman–Crippen LogP) is 2.34. The molecule has 0 aliphatic carbocycles. The maximum absolute atomic E-state index is 13.1. The molecule has 30 heavy (non-hydrogen) atoms. The molecule has 2 aromatic rings. The molecule has 0 spiro atoms. The maximum Gasteiger partial charge on any atom is 0.176 e. The Balaban J connectivity index is 1.23. The lowest BCUT2D eigenvalue weighted by Gasteiger charge is -2.45. The van der Waals surface area contributed by atoms with Gasteiger partial charge in [0.2, 0.25) is 0 Å². The third-order valence-electron chi connectivity index (χ3n) is 5.43. The van der Waals surface area contributed by atoms with Crippen LogP contribution in [0.25, 0.3) is 0 Å². The fourth-order valence-electron chi connectivity index (χ4n) is 4.02. The van der Waals surface area contributed by atoms with Gasteiger partial charge in [0.1, 0.15) is 18.2 Å². The molecule has 0 saturated carbocycles. The second kappa shape index (κ2) is 9.35. The van der Waals surface area contributed by atoms with Gasteiger partial charge in [0.15, 0.2) is 5.78 Å². The quantitative estimate of drug-likeness (QED) is 0.654. The molecule has 156 valence electrons. The molecule has 2 aromatic carbocycles. The van der Waals surface area contributed by atoms with Crippen molar-refractivity contribution in [2.45, 2.75) is 12.2 Å². The highest BCUT2D eigenvalue weighted by Gasteiger charge is 2.35. The Morgan fingerprint density at radius 1 is 1.03 bits per heavy atom. The maximum atomic E-state index is 13.1. The van der Waals surface area contributed by atoms with Crippen molar-refractivity contribution in [3.05, 3.63) is 65.5 Å². The minimum absolute atomic E-state index is 0.00245. The summed E-state index contributed by atoms with van der Waals surface area (Å²) in [4.78, 5) is 16.9. The van der Waals surface area contributed by atoms with Crippen LogP contribution in [0.2, 0.25) is 0 Å². The van der Waals surface area contributed by atoms with Crippen LogP contribution in [0.4, 0.5) is 4.39 Å². The summed E-state index contributed by atoms with van der Waals surface area (Å²) in [7, 11) is 0. The van der Waals surface area contributed by atoms with E-state index in [-0.39, 0.29) is 23.8 Å². The van der Waals surface area contributed by atoms with Crippen molar-refractivity contribution in [1.82, 2.24) is 9.80 Å². The number of Topliss-reactive ketones (excluding diaryl/α,β-unsaturated/α-hetero) is 1. The van der Waals surface area contributed by atoms with Crippen LogP contribution < -0.4 is 4.74 Å². The standard InChI is InChI=1S/C23H24FN3O3/c24-19-5-3-18(4-6-19)23(28)16-27-14-21-12-26(13-22(15-27)30-21)9-10-29-20-7-1-17(11-25)2-8-20/h1-8,21-22H,9-10,12-16H2. The number of ether oxygens (including phenoxy) is 2. The monoisotopic (exact) mass is 409 g/mol. The lowest BCUT2D eigenvalue weighted by Crippen LogP contribution is -2.60. The zero-order valence-corrected chi connectivity index (χ0v) is 16.7. The largest absolute Gasteiger partial charge is 0.492 e. The molecule has 2 bridgehead atoms. The number of hydrogen-bond donors (Lipinski definition) is 0. The first kappa shape index (κ1) is 20.5. The zero-order chi connectivity index (χ0) is 20.9. The number of fused-ring (bicyclic) bond motifs is 2. The van der Waals surface area contributed by atoms with Gasteiger partial charge in [0, 0.05) is 38.3 Å². The minimum atomic E-state index is -0.337. The van der Waals surface area contributed by atoms with E-state index in [1.54, 1.807) is 12.1 Å². The van der Waals surface area contributed by atoms with E-state index in [0.717, 1.165) is 25.4 Å². The molecule has 0 amide bonds. The van der Waals surface area contributed by atoms with Crippen molar-refractivity contribution in [3.63, 3.8) is 0 Å². The van der Waals surface area contributed by atoms with Gasteiger partial charge in [-0.2, -0.15) is 5.26 Å². The molecule has 0 N–H and O–H groups in total. The Hall–Kier alpha value is -2.79. The van der Waals surface area contributed by atoms with E-state index < -0.39 is 0 Å². The first-order chi connectivity index (χ1) is 14.6. The summed E-state index contributed by atoms with van der Waals surface area (Å²) in [5.74, 6) is 0.422. The van der Waals surface area contributed by atoms with E-state index in [4.69, 9.17) is 14.7 Å². The van der Waals surface area contributed by atoms with E-state index in [1.165, 1.54) is 24.3 Å². The van der Waals surface area contributed by atoms with Crippen LogP contribution in [0.1, 0.15) is 15.9 Å². The highest BCUT2D eigenvalue weighted by Crippen LogP contribution is 2.20. The number of nitrogens with zero attached hydrogens (tertiary/aromatic N) is 3. The molecule has 7 heteroatoms. The van der Waals surface area contributed by atoms with Gasteiger partial charge in [0.05, 0.1) is 30.4 Å². The average molecular weight is 409 g/mol. The lowest BCUT2D eigenvalue weighted by atomic mass is 10.1. The first-order valence-corrected chi connectivity index (χ1v) is 10.1. The number of carbonyl (C=O) groups excluding carboxylic acids is 1. The summed E-state index contributed by atoms with van der Waals surface area (Å²) in [6.45, 7) is 4.70. The summed E-state index contributed by atoms with van der Waals surface area (Å²) >= 11 is 0. The van der Waals surface area contributed by atoms with Crippen LogP contribution in [0, 0.1) is 17.1 Å². The third-order valence-corrected chi connectivity index (χ3v) is 5.43. The van der Waals surface area contributed by atoms with Gasteiger partial charge in [-0.05, 0) is 48.5 Å². The number of hydrogen-bond acceptors (Lipinski definition) is 6. The van der Waals surface area contributed by atoms with Gasteiger partial charge in [-0.15, -0.1) is 0 Å². The topological polar surface area (TPSA) is 65.8 Å². The Labute approximate surface area is 175 Å². The second-order valence-electron chi connectivity index (χ2n) is 7.75. The van der Waals surface area contributed by atoms with Crippen LogP contribution in [0.15, 0.2) is 48.5 Å². The van der Waals surface area contributed by atoms with Gasteiger partial charge < -0.3 is 9.47 Å². The molecule has 2 atom stereocenters. The van der Waals surface area contributed by atoms with Gasteiger partial charge in [-0.3, -0.25) is 14.6 Å². The molecule has 2 unspecified atom stereocenters. The van der Waals surface area contributed by atoms with Crippen molar-refractivity contribution < 1.29 is 18.7 Å². The minimum Gasteiger partial charge on any atom is -0.492 e. The van der Waals surface area contributed by atoms with Crippen molar-refractivity contribution in [3.8, 4) is 11.8 Å². The van der Waals surface area contributed by atoms with Gasteiger partial charge >= 0.3 is 0 Å². The summed E-state index contributed by atoms with van der Waals surface area (Å²) in [6.07, 6.45) is 0.127. The zero-order valence-electron chi connectivity index (χ0n) is 16.7. The normalized spacial score (nSPS) is 21.7. The van der Waals surface area contributed by atoms with Gasteiger partial charge in [0.25, 0.3) is 0 Å². The molecule has 6 nitrogen and oxygen atoms in total. The number of rotatable bonds is 7. The van der Waals surface area contributed by atoms with E-state index in [2.05, 4.69) is 15.9 Å². The van der Waals surface area contributed by atoms with Crippen LogP contribution in [0.5, 0.6) is 5.75 Å². The molecule has 2 heterocycles. The van der Waals surface area contributed by atoms with Gasteiger partial charge in [-0.25, -0.2) is 4.39 Å². The molecule has 0 aromatic heterocycles. The van der Waals surface area contributed by atoms with Gasteiger partial charge in [-0.1, -0.05) is 0 Å². The number of ketones is 1. The lowest BCUT2D eigenvalue weighted by molar-refractivity contribution is -0.137. The highest BCUT2D eigenvalue weighted by molar-refractivity contribution is 5.97. The van der Waals surface area contributed by atoms with Crippen LogP contribution in [0.3, 0.4) is 0 Å². The fraction of sp³-hybridized carbons (Fsp3) is 0.391. The summed E-state index contributed by atoms with van der Waals surface area (Å²) in [5, 5.41) is 8.84. The Morgan fingerprint density at radius 2 is 1.67 bits per heavy atom. The number of nitriles is 1. The van der Waals surface area contributed by atoms with E-state index >= 15 is 0 Å². The first-order valence-electron chi connectivity index (χ1n) is 10.1. The average Bonchev–Trinajstić information content (AvgIpc) is 2.74. The molecule has 2 fully saturated rings. The van der Waals surface area contributed by atoms with E-state index in [9.17, 15) is 9.18 Å². The molecule has 4 rings (SSSR count). The van der Waals surface area contributed by atoms with E-state index in [0.29, 0.717) is 37.4 Å². The molecule has 2 aliphatic heterocycles. The predicted molar refractivity (Wildman–Crippen MR) is 109 cm³/mol. The highest BCUT2D eigenvalue weighted by atomic mass is 19.1. The Kier molecular flexibility index (Phi) is 6.38. The van der Waals surface area contributed by atoms with Crippen molar-refractivity contribution in [2.24, 2.45) is 0 Å². The van der Waals surface area contributed by atoms with Crippen LogP contribution in [-0.2, 0) is 4.74 Å². The van der Waals surface area contributed by atoms with Crippen LogP contribution in [-0.4, -0.2) is 73.7 Å². The smallest absolute Gasteiger partial charge is 0.176 e. The SMILES string of the molecule is N#Cc1ccc(OCCN2CC3CN(CC(=O)c4ccc(F)cc4)CC(C2)O3)cc1. The number of carbonyl (C=O) groups is 1. The van der Waals surface area contributed by atoms with Crippen molar-refractivity contribution in [1.29, 1.82) is 5.26 Å². The summed E-state index contributed by atoms with van der Waals surface area (Å²) in [5.41, 5.74) is 1.15. The number of morpholine rings is 2. The summed E-state index contributed by atoms with van der Waals surface area (Å²) in [6, 6.07) is 14.9. The molecular weight excluding hydrogens is 385 g/mol. The van der Waals surface area contributed by atoms with Crippen molar-refractivity contribution in [2.75, 3.05) is 45.9 Å². The fourth-order valence-corrected chi connectivity index (χ4v) is 4.02. The molecule has 2 aliphatic rings. The molecular formula is C23H24FN3O3. The third kappa shape index (κ3) is 5.22. The van der Waals surface area contributed by atoms with Crippen molar-refractivity contribution >= 4 is 5.78 Å².